The Morgan fingerprint density at radius 1 is 1.75 bits per heavy atom. The van der Waals surface area contributed by atoms with Crippen molar-refractivity contribution >= 4 is 0 Å². The Bertz CT molecular complexity index is 70.9. The molecule has 1 atom stereocenters. The Morgan fingerprint density at radius 2 is 2.38 bits per heavy atom. The molecule has 8 heavy (non-hydrogen) atoms. The Balaban J connectivity index is 2.03. The molecule has 1 aliphatic rings. The van der Waals surface area contributed by atoms with Crippen molar-refractivity contribution in [2.24, 2.45) is 11.7 Å². The Labute approximate surface area is 50.0 Å². The second-order valence-corrected chi connectivity index (χ2v) is 2.46. The molecular weight excluding hydrogens is 102 g/mol. The molecule has 1 rings (SSSR count). The SMILES string of the molecule is COCC(N)C1CC1. The average molecular weight is 115 g/mol. The number of hydrogen-bond acceptors (Lipinski definition) is 2. The van der Waals surface area contributed by atoms with Crippen LogP contribution in [0.3, 0.4) is 0 Å². The van der Waals surface area contributed by atoms with Gasteiger partial charge in [0.25, 0.3) is 0 Å². The summed E-state index contributed by atoms with van der Waals surface area (Å²) in [5.41, 5.74) is 5.66. The summed E-state index contributed by atoms with van der Waals surface area (Å²) in [6.45, 7) is 0.727. The largest absolute Gasteiger partial charge is 0.383 e. The van der Waals surface area contributed by atoms with E-state index in [9.17, 15) is 0 Å². The molecule has 1 aliphatic carbocycles. The van der Waals surface area contributed by atoms with Crippen LogP contribution in [-0.2, 0) is 4.74 Å². The molecular formula is C6H13NO. The van der Waals surface area contributed by atoms with Crippen molar-refractivity contribution in [2.45, 2.75) is 18.9 Å². The van der Waals surface area contributed by atoms with Gasteiger partial charge in [-0.2, -0.15) is 0 Å². The Kier molecular flexibility index (Phi) is 1.86. The predicted octanol–water partition coefficient (Wildman–Crippen LogP) is 0.370. The lowest BCUT2D eigenvalue weighted by molar-refractivity contribution is 0.173. The highest BCUT2D eigenvalue weighted by Crippen LogP contribution is 2.31. The van der Waals surface area contributed by atoms with Gasteiger partial charge in [-0.15, -0.1) is 0 Å². The van der Waals surface area contributed by atoms with Crippen molar-refractivity contribution in [1.29, 1.82) is 0 Å². The first kappa shape index (κ1) is 6.05. The topological polar surface area (TPSA) is 35.2 Å². The molecule has 0 radical (unpaired) electrons. The van der Waals surface area contributed by atoms with Crippen LogP contribution >= 0.6 is 0 Å². The molecule has 0 aliphatic heterocycles. The molecule has 0 bridgehead atoms. The minimum absolute atomic E-state index is 0.306. The lowest BCUT2D eigenvalue weighted by Gasteiger charge is -2.06. The van der Waals surface area contributed by atoms with Crippen LogP contribution in [0.5, 0.6) is 0 Å². The van der Waals surface area contributed by atoms with Crippen molar-refractivity contribution in [3.8, 4) is 0 Å². The molecule has 0 aromatic carbocycles. The van der Waals surface area contributed by atoms with Crippen molar-refractivity contribution in [3.05, 3.63) is 0 Å². The van der Waals surface area contributed by atoms with E-state index in [4.69, 9.17) is 10.5 Å². The summed E-state index contributed by atoms with van der Waals surface area (Å²) >= 11 is 0. The van der Waals surface area contributed by atoms with Crippen LogP contribution in [0.4, 0.5) is 0 Å². The van der Waals surface area contributed by atoms with Crippen LogP contribution in [0.2, 0.25) is 0 Å². The normalized spacial score (nSPS) is 23.2. The third-order valence-corrected chi connectivity index (χ3v) is 1.59. The number of nitrogens with two attached hydrogens (primary N) is 1. The van der Waals surface area contributed by atoms with Gasteiger partial charge in [-0.25, -0.2) is 0 Å². The Hall–Kier alpha value is -0.0800. The molecule has 0 amide bonds. The summed E-state index contributed by atoms with van der Waals surface area (Å²) in [6, 6.07) is 0.306. The summed E-state index contributed by atoms with van der Waals surface area (Å²) < 4.78 is 4.88. The molecule has 0 saturated heterocycles. The van der Waals surface area contributed by atoms with Gasteiger partial charge < -0.3 is 10.5 Å². The van der Waals surface area contributed by atoms with E-state index in [1.807, 2.05) is 0 Å². The van der Waals surface area contributed by atoms with Crippen LogP contribution in [0.1, 0.15) is 12.8 Å². The van der Waals surface area contributed by atoms with E-state index < -0.39 is 0 Å². The van der Waals surface area contributed by atoms with Gasteiger partial charge in [-0.3, -0.25) is 0 Å². The number of hydrogen-bond donors (Lipinski definition) is 1. The van der Waals surface area contributed by atoms with Gasteiger partial charge in [0.15, 0.2) is 0 Å². The van der Waals surface area contributed by atoms with E-state index >= 15 is 0 Å². The first-order chi connectivity index (χ1) is 3.84. The van der Waals surface area contributed by atoms with E-state index in [1.165, 1.54) is 12.8 Å². The summed E-state index contributed by atoms with van der Waals surface area (Å²) in [6.07, 6.45) is 2.62. The molecule has 1 unspecified atom stereocenters. The minimum atomic E-state index is 0.306. The Morgan fingerprint density at radius 3 is 2.75 bits per heavy atom. The van der Waals surface area contributed by atoms with Crippen LogP contribution in [-0.4, -0.2) is 19.8 Å². The van der Waals surface area contributed by atoms with Crippen molar-refractivity contribution < 1.29 is 4.74 Å². The third-order valence-electron chi connectivity index (χ3n) is 1.59. The van der Waals surface area contributed by atoms with Gasteiger partial charge in [0.1, 0.15) is 0 Å². The van der Waals surface area contributed by atoms with Crippen LogP contribution in [0.15, 0.2) is 0 Å². The first-order valence-corrected chi connectivity index (χ1v) is 3.09. The molecule has 1 saturated carbocycles. The second-order valence-electron chi connectivity index (χ2n) is 2.46. The standard InChI is InChI=1S/C6H13NO/c1-8-4-6(7)5-2-3-5/h5-6H,2-4,7H2,1H3. The number of ether oxygens (including phenoxy) is 1. The highest BCUT2D eigenvalue weighted by Gasteiger charge is 2.27. The summed E-state index contributed by atoms with van der Waals surface area (Å²) in [4.78, 5) is 0. The molecule has 0 aromatic rings. The zero-order chi connectivity index (χ0) is 5.98. The van der Waals surface area contributed by atoms with Gasteiger partial charge in [-0.1, -0.05) is 0 Å². The van der Waals surface area contributed by atoms with Gasteiger partial charge >= 0.3 is 0 Å². The van der Waals surface area contributed by atoms with Gasteiger partial charge in [0.2, 0.25) is 0 Å². The van der Waals surface area contributed by atoms with Crippen LogP contribution in [0.25, 0.3) is 0 Å². The van der Waals surface area contributed by atoms with E-state index in [0.717, 1.165) is 12.5 Å². The summed E-state index contributed by atoms with van der Waals surface area (Å²) in [5, 5.41) is 0. The lowest BCUT2D eigenvalue weighted by Crippen LogP contribution is -2.27. The zero-order valence-electron chi connectivity index (χ0n) is 5.26. The van der Waals surface area contributed by atoms with E-state index in [0.29, 0.717) is 6.04 Å². The monoisotopic (exact) mass is 115 g/mol. The smallest absolute Gasteiger partial charge is 0.0616 e. The van der Waals surface area contributed by atoms with Crippen LogP contribution in [0, 0.1) is 5.92 Å². The van der Waals surface area contributed by atoms with Crippen molar-refractivity contribution in [2.75, 3.05) is 13.7 Å². The highest BCUT2D eigenvalue weighted by molar-refractivity contribution is 4.83. The molecule has 2 heteroatoms. The third kappa shape index (κ3) is 1.46. The maximum absolute atomic E-state index is 5.66. The first-order valence-electron chi connectivity index (χ1n) is 3.09. The fourth-order valence-corrected chi connectivity index (χ4v) is 0.853. The van der Waals surface area contributed by atoms with Crippen LogP contribution < -0.4 is 5.73 Å². The second kappa shape index (κ2) is 2.46. The van der Waals surface area contributed by atoms with Gasteiger partial charge in [0.05, 0.1) is 6.61 Å². The number of rotatable bonds is 3. The molecule has 0 heterocycles. The molecule has 48 valence electrons. The predicted molar refractivity (Wildman–Crippen MR) is 32.6 cm³/mol. The lowest BCUT2D eigenvalue weighted by atomic mass is 10.2. The molecule has 2 nitrogen and oxygen atoms in total. The number of methoxy groups -OCH3 is 1. The maximum atomic E-state index is 5.66. The molecule has 2 N–H and O–H groups in total. The zero-order valence-corrected chi connectivity index (χ0v) is 5.26. The minimum Gasteiger partial charge on any atom is -0.383 e. The molecule has 0 aromatic heterocycles. The van der Waals surface area contributed by atoms with E-state index in [2.05, 4.69) is 0 Å². The molecule has 0 spiro atoms. The van der Waals surface area contributed by atoms with E-state index in [-0.39, 0.29) is 0 Å². The van der Waals surface area contributed by atoms with Gasteiger partial charge in [-0.05, 0) is 18.8 Å². The summed E-state index contributed by atoms with van der Waals surface area (Å²) in [7, 11) is 1.70. The van der Waals surface area contributed by atoms with Gasteiger partial charge in [0, 0.05) is 13.2 Å². The average Bonchev–Trinajstić information content (AvgIpc) is 2.45. The maximum Gasteiger partial charge on any atom is 0.0616 e. The summed E-state index contributed by atoms with van der Waals surface area (Å²) in [5.74, 6) is 0.773. The van der Waals surface area contributed by atoms with Crippen molar-refractivity contribution in [1.82, 2.24) is 0 Å². The fourth-order valence-electron chi connectivity index (χ4n) is 0.853. The molecule has 1 fully saturated rings. The van der Waals surface area contributed by atoms with Crippen molar-refractivity contribution in [3.63, 3.8) is 0 Å². The fraction of sp³-hybridized carbons (Fsp3) is 1.00. The highest BCUT2D eigenvalue weighted by atomic mass is 16.5. The van der Waals surface area contributed by atoms with E-state index in [1.54, 1.807) is 7.11 Å². The quantitative estimate of drug-likeness (QED) is 0.576.